The van der Waals surface area contributed by atoms with Crippen LogP contribution in [0.25, 0.3) is 0 Å². The second kappa shape index (κ2) is 38.6. The molecule has 0 aliphatic heterocycles. The molecule has 0 saturated heterocycles. The van der Waals surface area contributed by atoms with Crippen LogP contribution >= 0.6 is 0 Å². The lowest BCUT2D eigenvalue weighted by molar-refractivity contribution is -0.167. The second-order valence-electron chi connectivity index (χ2n) is 15.2. The maximum atomic E-state index is 12.7. The SMILES string of the molecule is CCCCCCCCCCCCCCC(=O)O[C@@H](COC(=O)CCCCCCCCCCCC)COC(=O)CCCCCCCCC(C)CC. The van der Waals surface area contributed by atoms with Crippen LogP contribution in [0.3, 0.4) is 0 Å². The highest BCUT2D eigenvalue weighted by molar-refractivity contribution is 5.71. The van der Waals surface area contributed by atoms with Crippen molar-refractivity contribution in [3.05, 3.63) is 0 Å². The van der Waals surface area contributed by atoms with Crippen LogP contribution in [0.1, 0.15) is 240 Å². The zero-order valence-electron chi connectivity index (χ0n) is 33.9. The lowest BCUT2D eigenvalue weighted by Gasteiger charge is -2.18. The molecule has 0 rings (SSSR count). The molecule has 6 nitrogen and oxygen atoms in total. The Morgan fingerprint density at radius 1 is 0.400 bits per heavy atom. The molecule has 2 atom stereocenters. The van der Waals surface area contributed by atoms with Gasteiger partial charge in [0.05, 0.1) is 0 Å². The van der Waals surface area contributed by atoms with Crippen molar-refractivity contribution in [2.24, 2.45) is 5.92 Å². The number of rotatable bonds is 39. The van der Waals surface area contributed by atoms with E-state index in [0.717, 1.165) is 63.7 Å². The first-order valence-electron chi connectivity index (χ1n) is 21.9. The Labute approximate surface area is 310 Å². The highest BCUT2D eigenvalue weighted by Crippen LogP contribution is 2.16. The van der Waals surface area contributed by atoms with Crippen LogP contribution in [0.5, 0.6) is 0 Å². The summed E-state index contributed by atoms with van der Waals surface area (Å²) in [6.07, 6.45) is 36.5. The lowest BCUT2D eigenvalue weighted by Crippen LogP contribution is -2.30. The fourth-order valence-electron chi connectivity index (χ4n) is 6.42. The van der Waals surface area contributed by atoms with Gasteiger partial charge in [0.1, 0.15) is 13.2 Å². The Bertz CT molecular complexity index is 753. The summed E-state index contributed by atoms with van der Waals surface area (Å²) < 4.78 is 16.7. The first kappa shape index (κ1) is 48.4. The minimum atomic E-state index is -0.758. The number of hydrogen-bond donors (Lipinski definition) is 0. The van der Waals surface area contributed by atoms with E-state index in [0.29, 0.717) is 19.3 Å². The molecule has 0 spiro atoms. The second-order valence-corrected chi connectivity index (χ2v) is 15.2. The van der Waals surface area contributed by atoms with Crippen molar-refractivity contribution < 1.29 is 28.6 Å². The Kier molecular flexibility index (Phi) is 37.4. The number of carbonyl (C=O) groups excluding carboxylic acids is 3. The average Bonchev–Trinajstić information content (AvgIpc) is 3.11. The molecule has 0 saturated carbocycles. The van der Waals surface area contributed by atoms with Crippen molar-refractivity contribution in [2.45, 2.75) is 246 Å². The molecule has 0 fully saturated rings. The molecule has 6 heteroatoms. The summed E-state index contributed by atoms with van der Waals surface area (Å²) in [5.41, 5.74) is 0. The van der Waals surface area contributed by atoms with Gasteiger partial charge in [0, 0.05) is 19.3 Å². The van der Waals surface area contributed by atoms with E-state index in [4.69, 9.17) is 14.2 Å². The highest BCUT2D eigenvalue weighted by atomic mass is 16.6. The molecule has 0 bridgehead atoms. The van der Waals surface area contributed by atoms with Crippen LogP contribution in [0.4, 0.5) is 0 Å². The molecule has 0 amide bonds. The Morgan fingerprint density at radius 3 is 1.04 bits per heavy atom. The quantitative estimate of drug-likeness (QED) is 0.0359. The Balaban J connectivity index is 4.35. The Morgan fingerprint density at radius 2 is 0.700 bits per heavy atom. The third-order valence-electron chi connectivity index (χ3n) is 10.2. The van der Waals surface area contributed by atoms with Crippen molar-refractivity contribution in [3.8, 4) is 0 Å². The van der Waals surface area contributed by atoms with Crippen molar-refractivity contribution in [1.82, 2.24) is 0 Å². The summed E-state index contributed by atoms with van der Waals surface area (Å²) in [7, 11) is 0. The summed E-state index contributed by atoms with van der Waals surface area (Å²) in [6.45, 7) is 8.94. The smallest absolute Gasteiger partial charge is 0.306 e. The molecule has 0 heterocycles. The largest absolute Gasteiger partial charge is 0.462 e. The van der Waals surface area contributed by atoms with Gasteiger partial charge in [0.25, 0.3) is 0 Å². The third kappa shape index (κ3) is 36.2. The summed E-state index contributed by atoms with van der Waals surface area (Å²) in [6, 6.07) is 0. The molecule has 0 aromatic carbocycles. The fraction of sp³-hybridized carbons (Fsp3) is 0.932. The number of ether oxygens (including phenoxy) is 3. The zero-order chi connectivity index (χ0) is 36.8. The minimum absolute atomic E-state index is 0.0648. The van der Waals surface area contributed by atoms with E-state index < -0.39 is 6.10 Å². The molecule has 296 valence electrons. The summed E-state index contributed by atoms with van der Waals surface area (Å²) in [5.74, 6) is -0.0463. The maximum absolute atomic E-state index is 12.7. The summed E-state index contributed by atoms with van der Waals surface area (Å²) in [5, 5.41) is 0. The van der Waals surface area contributed by atoms with E-state index in [1.807, 2.05) is 0 Å². The van der Waals surface area contributed by atoms with Crippen LogP contribution in [0.15, 0.2) is 0 Å². The molecular weight excluding hydrogens is 624 g/mol. The van der Waals surface area contributed by atoms with Crippen molar-refractivity contribution in [3.63, 3.8) is 0 Å². The molecule has 0 aromatic rings. The van der Waals surface area contributed by atoms with E-state index in [-0.39, 0.29) is 31.1 Å². The average molecular weight is 709 g/mol. The van der Waals surface area contributed by atoms with Gasteiger partial charge >= 0.3 is 17.9 Å². The molecular formula is C44H84O6. The first-order valence-corrected chi connectivity index (χ1v) is 21.9. The fourth-order valence-corrected chi connectivity index (χ4v) is 6.42. The number of unbranched alkanes of at least 4 members (excludes halogenated alkanes) is 25. The number of esters is 3. The molecule has 1 unspecified atom stereocenters. The summed E-state index contributed by atoms with van der Waals surface area (Å²) >= 11 is 0. The van der Waals surface area contributed by atoms with Gasteiger partial charge in [-0.25, -0.2) is 0 Å². The molecule has 0 aliphatic rings. The molecule has 0 N–H and O–H groups in total. The van der Waals surface area contributed by atoms with Crippen LogP contribution in [0, 0.1) is 5.92 Å². The topological polar surface area (TPSA) is 78.9 Å². The zero-order valence-corrected chi connectivity index (χ0v) is 33.9. The van der Waals surface area contributed by atoms with Gasteiger partial charge in [-0.1, -0.05) is 201 Å². The van der Waals surface area contributed by atoms with E-state index in [9.17, 15) is 14.4 Å². The normalized spacial score (nSPS) is 12.5. The van der Waals surface area contributed by atoms with Crippen LogP contribution in [0.2, 0.25) is 0 Å². The molecule has 0 aliphatic carbocycles. The lowest BCUT2D eigenvalue weighted by atomic mass is 10.00. The predicted octanol–water partition coefficient (Wildman–Crippen LogP) is 13.6. The van der Waals surface area contributed by atoms with Gasteiger partial charge in [0.2, 0.25) is 0 Å². The highest BCUT2D eigenvalue weighted by Gasteiger charge is 2.19. The van der Waals surface area contributed by atoms with Crippen molar-refractivity contribution >= 4 is 17.9 Å². The van der Waals surface area contributed by atoms with Crippen molar-refractivity contribution in [1.29, 1.82) is 0 Å². The number of carbonyl (C=O) groups is 3. The summed E-state index contributed by atoms with van der Waals surface area (Å²) in [4.78, 5) is 37.6. The number of hydrogen-bond acceptors (Lipinski definition) is 6. The van der Waals surface area contributed by atoms with Crippen LogP contribution < -0.4 is 0 Å². The van der Waals surface area contributed by atoms with Gasteiger partial charge in [-0.05, 0) is 25.2 Å². The van der Waals surface area contributed by atoms with Gasteiger partial charge in [-0.2, -0.15) is 0 Å². The van der Waals surface area contributed by atoms with Crippen LogP contribution in [-0.2, 0) is 28.6 Å². The predicted molar refractivity (Wildman–Crippen MR) is 210 cm³/mol. The Hall–Kier alpha value is -1.59. The van der Waals surface area contributed by atoms with E-state index >= 15 is 0 Å². The first-order chi connectivity index (χ1) is 24.4. The van der Waals surface area contributed by atoms with Gasteiger partial charge in [-0.15, -0.1) is 0 Å². The van der Waals surface area contributed by atoms with Crippen LogP contribution in [-0.4, -0.2) is 37.2 Å². The van der Waals surface area contributed by atoms with E-state index in [2.05, 4.69) is 27.7 Å². The monoisotopic (exact) mass is 709 g/mol. The minimum Gasteiger partial charge on any atom is -0.462 e. The van der Waals surface area contributed by atoms with E-state index in [1.165, 1.54) is 135 Å². The maximum Gasteiger partial charge on any atom is 0.306 e. The third-order valence-corrected chi connectivity index (χ3v) is 10.2. The van der Waals surface area contributed by atoms with Gasteiger partial charge in [-0.3, -0.25) is 14.4 Å². The van der Waals surface area contributed by atoms with Gasteiger partial charge < -0.3 is 14.2 Å². The molecule has 0 radical (unpaired) electrons. The standard InChI is InChI=1S/C44H84O6/c1-5-8-10-12-14-16-18-19-21-23-29-33-37-44(47)50-41(38-48-42(45)35-31-27-22-20-17-15-13-11-9-6-2)39-49-43(46)36-32-28-25-24-26-30-34-40(4)7-3/h40-41H,5-39H2,1-4H3/t40?,41-/m0/s1. The molecule has 50 heavy (non-hydrogen) atoms. The van der Waals surface area contributed by atoms with Crippen molar-refractivity contribution in [2.75, 3.05) is 13.2 Å². The van der Waals surface area contributed by atoms with E-state index in [1.54, 1.807) is 0 Å². The molecule has 0 aromatic heterocycles. The van der Waals surface area contributed by atoms with Gasteiger partial charge in [0.15, 0.2) is 6.10 Å².